The smallest absolute Gasteiger partial charge is 0.340 e. The van der Waals surface area contributed by atoms with Gasteiger partial charge in [0, 0.05) is 0 Å². The monoisotopic (exact) mass is 265 g/mol. The Balaban J connectivity index is 2.59. The molecule has 0 aromatic carbocycles. The number of carbonyl (C=O) groups excluding carboxylic acids is 2. The van der Waals surface area contributed by atoms with E-state index in [1.54, 1.807) is 0 Å². The quantitative estimate of drug-likeness (QED) is 0.644. The van der Waals surface area contributed by atoms with Gasteiger partial charge in [-0.2, -0.15) is 0 Å². The van der Waals surface area contributed by atoms with Crippen LogP contribution in [0.3, 0.4) is 0 Å². The third-order valence-electron chi connectivity index (χ3n) is 3.89. The summed E-state index contributed by atoms with van der Waals surface area (Å²) in [4.78, 5) is 25.9. The summed E-state index contributed by atoms with van der Waals surface area (Å²) < 4.78 is 4.73. The van der Waals surface area contributed by atoms with Gasteiger partial charge in [-0.25, -0.2) is 4.79 Å². The van der Waals surface area contributed by atoms with Gasteiger partial charge in [0.15, 0.2) is 6.29 Å². The molecule has 19 heavy (non-hydrogen) atoms. The molecule has 0 saturated heterocycles. The lowest BCUT2D eigenvalue weighted by molar-refractivity contribution is 0.0395. The molecule has 0 aliphatic heterocycles. The minimum atomic E-state index is -0.949. The van der Waals surface area contributed by atoms with Crippen LogP contribution >= 0.6 is 0 Å². The first-order valence-corrected chi connectivity index (χ1v) is 6.58. The molecule has 0 spiro atoms. The molecule has 2 rings (SSSR count). The van der Waals surface area contributed by atoms with Crippen molar-refractivity contribution in [3.05, 3.63) is 22.5 Å². The van der Waals surface area contributed by atoms with Crippen molar-refractivity contribution in [1.82, 2.24) is 4.98 Å². The molecule has 1 aliphatic rings. The Kier molecular flexibility index (Phi) is 3.75. The molecular formula is C14H19NO4. The van der Waals surface area contributed by atoms with Crippen molar-refractivity contribution in [2.75, 3.05) is 7.11 Å². The summed E-state index contributed by atoms with van der Waals surface area (Å²) in [7, 11) is 1.29. The highest BCUT2D eigenvalue weighted by atomic mass is 16.5. The third-order valence-corrected chi connectivity index (χ3v) is 3.89. The normalized spacial score (nSPS) is 17.4. The Bertz CT molecular complexity index is 498. The SMILES string of the molecule is CCc1c(C2(O)CCCC2)[nH]c(C=O)c1C(=O)OC. The molecule has 104 valence electrons. The number of aldehydes is 1. The first-order chi connectivity index (χ1) is 9.07. The average Bonchev–Trinajstić information content (AvgIpc) is 3.01. The van der Waals surface area contributed by atoms with Crippen LogP contribution in [0.2, 0.25) is 0 Å². The second-order valence-corrected chi connectivity index (χ2v) is 4.97. The van der Waals surface area contributed by atoms with Crippen LogP contribution in [0.1, 0.15) is 64.7 Å². The van der Waals surface area contributed by atoms with Crippen molar-refractivity contribution >= 4 is 12.3 Å². The van der Waals surface area contributed by atoms with Gasteiger partial charge in [0.1, 0.15) is 5.60 Å². The average molecular weight is 265 g/mol. The zero-order valence-electron chi connectivity index (χ0n) is 11.3. The number of aromatic amines is 1. The van der Waals surface area contributed by atoms with E-state index < -0.39 is 11.6 Å². The van der Waals surface area contributed by atoms with Crippen LogP contribution in [-0.4, -0.2) is 29.5 Å². The summed E-state index contributed by atoms with van der Waals surface area (Å²) in [6, 6.07) is 0. The van der Waals surface area contributed by atoms with E-state index >= 15 is 0 Å². The van der Waals surface area contributed by atoms with E-state index in [0.29, 0.717) is 36.8 Å². The van der Waals surface area contributed by atoms with E-state index in [1.807, 2.05) is 6.92 Å². The molecule has 0 atom stereocenters. The highest BCUT2D eigenvalue weighted by molar-refractivity contribution is 5.99. The van der Waals surface area contributed by atoms with Crippen LogP contribution in [0.4, 0.5) is 0 Å². The van der Waals surface area contributed by atoms with Gasteiger partial charge in [-0.15, -0.1) is 0 Å². The molecule has 0 radical (unpaired) electrons. The molecule has 5 heteroatoms. The van der Waals surface area contributed by atoms with Crippen LogP contribution in [0.15, 0.2) is 0 Å². The van der Waals surface area contributed by atoms with Gasteiger partial charge in [-0.3, -0.25) is 4.79 Å². The highest BCUT2D eigenvalue weighted by Gasteiger charge is 2.38. The largest absolute Gasteiger partial charge is 0.465 e. The van der Waals surface area contributed by atoms with Gasteiger partial charge in [-0.05, 0) is 24.8 Å². The zero-order valence-corrected chi connectivity index (χ0v) is 11.3. The molecule has 0 unspecified atom stereocenters. The molecule has 2 N–H and O–H groups in total. The van der Waals surface area contributed by atoms with Crippen LogP contribution in [-0.2, 0) is 16.8 Å². The first kappa shape index (κ1) is 13.8. The number of ether oxygens (including phenoxy) is 1. The van der Waals surface area contributed by atoms with Gasteiger partial charge >= 0.3 is 5.97 Å². The van der Waals surface area contributed by atoms with E-state index in [9.17, 15) is 14.7 Å². The van der Waals surface area contributed by atoms with E-state index in [-0.39, 0.29) is 11.3 Å². The molecule has 1 aromatic rings. The predicted molar refractivity (Wildman–Crippen MR) is 69.3 cm³/mol. The van der Waals surface area contributed by atoms with Crippen molar-refractivity contribution in [3.8, 4) is 0 Å². The van der Waals surface area contributed by atoms with Gasteiger partial charge in [-0.1, -0.05) is 19.8 Å². The second kappa shape index (κ2) is 5.17. The number of carbonyl (C=O) groups is 2. The fraction of sp³-hybridized carbons (Fsp3) is 0.571. The molecule has 5 nitrogen and oxygen atoms in total. The Morgan fingerprint density at radius 1 is 1.47 bits per heavy atom. The summed E-state index contributed by atoms with van der Waals surface area (Å²) in [6.07, 6.45) is 4.36. The lowest BCUT2D eigenvalue weighted by Gasteiger charge is -2.22. The number of H-pyrrole nitrogens is 1. The van der Waals surface area contributed by atoms with E-state index in [1.165, 1.54) is 7.11 Å². The maximum atomic E-state index is 11.8. The molecule has 0 bridgehead atoms. The topological polar surface area (TPSA) is 79.4 Å². The van der Waals surface area contributed by atoms with Crippen molar-refractivity contribution in [1.29, 1.82) is 0 Å². The van der Waals surface area contributed by atoms with E-state index in [2.05, 4.69) is 4.98 Å². The van der Waals surface area contributed by atoms with Crippen molar-refractivity contribution in [2.45, 2.75) is 44.6 Å². The number of hydrogen-bond acceptors (Lipinski definition) is 4. The summed E-state index contributed by atoms with van der Waals surface area (Å²) in [5, 5.41) is 10.7. The van der Waals surface area contributed by atoms with Crippen LogP contribution in [0.25, 0.3) is 0 Å². The van der Waals surface area contributed by atoms with Crippen molar-refractivity contribution < 1.29 is 19.4 Å². The van der Waals surface area contributed by atoms with E-state index in [4.69, 9.17) is 4.74 Å². The number of hydrogen-bond donors (Lipinski definition) is 2. The van der Waals surface area contributed by atoms with Crippen molar-refractivity contribution in [3.63, 3.8) is 0 Å². The number of rotatable bonds is 4. The molecule has 1 saturated carbocycles. The van der Waals surface area contributed by atoms with Crippen LogP contribution in [0.5, 0.6) is 0 Å². The minimum Gasteiger partial charge on any atom is -0.465 e. The first-order valence-electron chi connectivity index (χ1n) is 6.58. The minimum absolute atomic E-state index is 0.194. The van der Waals surface area contributed by atoms with Crippen LogP contribution < -0.4 is 0 Å². The fourth-order valence-corrected chi connectivity index (χ4v) is 2.94. The maximum Gasteiger partial charge on any atom is 0.340 e. The number of esters is 1. The zero-order chi connectivity index (χ0) is 14.0. The Hall–Kier alpha value is -1.62. The maximum absolute atomic E-state index is 11.8. The number of methoxy groups -OCH3 is 1. The number of nitrogens with one attached hydrogen (secondary N) is 1. The Morgan fingerprint density at radius 3 is 2.58 bits per heavy atom. The summed E-state index contributed by atoms with van der Waals surface area (Å²) in [5.41, 5.74) is 0.803. The summed E-state index contributed by atoms with van der Waals surface area (Å²) in [6.45, 7) is 1.89. The molecule has 0 amide bonds. The Morgan fingerprint density at radius 2 is 2.11 bits per heavy atom. The Labute approximate surface area is 112 Å². The number of aromatic nitrogens is 1. The van der Waals surface area contributed by atoms with Crippen LogP contribution in [0, 0.1) is 0 Å². The van der Waals surface area contributed by atoms with Gasteiger partial charge in [0.05, 0.1) is 24.1 Å². The fourth-order valence-electron chi connectivity index (χ4n) is 2.94. The molecular weight excluding hydrogens is 246 g/mol. The highest BCUT2D eigenvalue weighted by Crippen LogP contribution is 2.41. The standard InChI is InChI=1S/C14H19NO4/c1-3-9-11(13(17)19-2)10(8-16)15-12(9)14(18)6-4-5-7-14/h8,15,18H,3-7H2,1-2H3. The number of aliphatic hydroxyl groups is 1. The predicted octanol–water partition coefficient (Wildman–Crippen LogP) is 1.94. The third kappa shape index (κ3) is 2.18. The van der Waals surface area contributed by atoms with Gasteiger partial charge in [0.25, 0.3) is 0 Å². The molecule has 1 fully saturated rings. The molecule has 1 aliphatic carbocycles. The second-order valence-electron chi connectivity index (χ2n) is 4.97. The van der Waals surface area contributed by atoms with Gasteiger partial charge < -0.3 is 14.8 Å². The lowest BCUT2D eigenvalue weighted by atomic mass is 9.92. The van der Waals surface area contributed by atoms with Gasteiger partial charge in [0.2, 0.25) is 0 Å². The molecule has 1 heterocycles. The van der Waals surface area contributed by atoms with Crippen molar-refractivity contribution in [2.24, 2.45) is 0 Å². The summed E-state index contributed by atoms with van der Waals surface area (Å²) in [5.74, 6) is -0.539. The van der Waals surface area contributed by atoms with E-state index in [0.717, 1.165) is 12.8 Å². The summed E-state index contributed by atoms with van der Waals surface area (Å²) >= 11 is 0. The lowest BCUT2D eigenvalue weighted by Crippen LogP contribution is -2.23. The molecule has 1 aromatic heterocycles.